The highest BCUT2D eigenvalue weighted by Crippen LogP contribution is 2.20. The van der Waals surface area contributed by atoms with Crippen molar-refractivity contribution in [2.45, 2.75) is 12.5 Å². The Labute approximate surface area is 253 Å². The van der Waals surface area contributed by atoms with Crippen LogP contribution in [0.4, 0.5) is 16.2 Å². The monoisotopic (exact) mass is 602 g/mol. The molecule has 43 heavy (non-hydrogen) atoms. The minimum atomic E-state index is -0.887. The zero-order valence-corrected chi connectivity index (χ0v) is 24.4. The SMILES string of the molecule is CN(C)CCOC(=O)Nc1ccc(NC(=O)C(Cc2ccccc2)NC(=O)C=Cc2cc(Cl)ccc2-n2cnnn2)cc1. The summed E-state index contributed by atoms with van der Waals surface area (Å²) in [5, 5.41) is 19.9. The van der Waals surface area contributed by atoms with E-state index in [0.717, 1.165) is 5.56 Å². The van der Waals surface area contributed by atoms with Gasteiger partial charge in [-0.3, -0.25) is 14.9 Å². The van der Waals surface area contributed by atoms with Crippen LogP contribution in [0.1, 0.15) is 11.1 Å². The van der Waals surface area contributed by atoms with E-state index >= 15 is 0 Å². The number of benzene rings is 3. The lowest BCUT2D eigenvalue weighted by Crippen LogP contribution is -2.44. The van der Waals surface area contributed by atoms with Crippen LogP contribution in [0.25, 0.3) is 11.8 Å². The lowest BCUT2D eigenvalue weighted by Gasteiger charge is -2.18. The fourth-order valence-electron chi connectivity index (χ4n) is 3.92. The number of tetrazole rings is 1. The van der Waals surface area contributed by atoms with E-state index in [0.29, 0.717) is 34.2 Å². The third-order valence-corrected chi connectivity index (χ3v) is 6.32. The third kappa shape index (κ3) is 9.76. The zero-order valence-electron chi connectivity index (χ0n) is 23.6. The molecule has 3 aromatic carbocycles. The Hall–Kier alpha value is -5.07. The van der Waals surface area contributed by atoms with Gasteiger partial charge in [-0.1, -0.05) is 41.9 Å². The van der Waals surface area contributed by atoms with Gasteiger partial charge in [0.15, 0.2) is 0 Å². The standard InChI is InChI=1S/C30H31ClN8O4/c1-38(2)16-17-43-30(42)34-25-12-10-24(11-13-25)33-29(41)26(18-21-6-4-3-5-7-21)35-28(40)15-8-22-19-23(31)9-14-27(22)39-20-32-36-37-39/h3-15,19-20,26H,16-18H2,1-2H3,(H,33,41)(H,34,42)(H,35,40). The normalized spacial score (nSPS) is 11.7. The van der Waals surface area contributed by atoms with Crippen molar-refractivity contribution in [3.63, 3.8) is 0 Å². The van der Waals surface area contributed by atoms with Gasteiger partial charge in [-0.25, -0.2) is 4.79 Å². The van der Waals surface area contributed by atoms with Crippen LogP contribution in [0.3, 0.4) is 0 Å². The first-order valence-corrected chi connectivity index (χ1v) is 13.7. The molecule has 1 aromatic heterocycles. The number of ether oxygens (including phenoxy) is 1. The Bertz CT molecular complexity index is 1540. The largest absolute Gasteiger partial charge is 0.448 e. The molecule has 4 aromatic rings. The molecular formula is C30H31ClN8O4. The van der Waals surface area contributed by atoms with Crippen molar-refractivity contribution >= 4 is 47.0 Å². The summed E-state index contributed by atoms with van der Waals surface area (Å²) in [6, 6.07) is 20.2. The Balaban J connectivity index is 1.42. The molecule has 1 unspecified atom stereocenters. The van der Waals surface area contributed by atoms with Crippen LogP contribution < -0.4 is 16.0 Å². The van der Waals surface area contributed by atoms with Crippen LogP contribution in [-0.4, -0.2) is 76.3 Å². The van der Waals surface area contributed by atoms with Gasteiger partial charge in [0.05, 0.1) is 5.69 Å². The van der Waals surface area contributed by atoms with E-state index in [1.807, 2.05) is 49.3 Å². The van der Waals surface area contributed by atoms with Crippen molar-refractivity contribution in [2.75, 3.05) is 37.9 Å². The fraction of sp³-hybridized carbons (Fsp3) is 0.200. The lowest BCUT2D eigenvalue weighted by molar-refractivity contribution is -0.123. The maximum absolute atomic E-state index is 13.3. The lowest BCUT2D eigenvalue weighted by atomic mass is 10.0. The molecule has 1 heterocycles. The van der Waals surface area contributed by atoms with Crippen molar-refractivity contribution in [1.29, 1.82) is 0 Å². The smallest absolute Gasteiger partial charge is 0.411 e. The second-order valence-corrected chi connectivity index (χ2v) is 10.1. The third-order valence-electron chi connectivity index (χ3n) is 6.09. The van der Waals surface area contributed by atoms with Crippen LogP contribution in [0, 0.1) is 0 Å². The number of nitrogens with one attached hydrogen (secondary N) is 3. The maximum Gasteiger partial charge on any atom is 0.411 e. The highest BCUT2D eigenvalue weighted by Gasteiger charge is 2.21. The molecule has 0 spiro atoms. The molecule has 0 radical (unpaired) electrons. The summed E-state index contributed by atoms with van der Waals surface area (Å²) < 4.78 is 6.59. The number of hydrogen-bond donors (Lipinski definition) is 3. The minimum Gasteiger partial charge on any atom is -0.448 e. The molecule has 12 nitrogen and oxygen atoms in total. The number of likely N-dealkylation sites (N-methyl/N-ethyl adjacent to an activating group) is 1. The number of amides is 3. The summed E-state index contributed by atoms with van der Waals surface area (Å²) >= 11 is 6.17. The second kappa shape index (κ2) is 15.2. The van der Waals surface area contributed by atoms with E-state index in [2.05, 4.69) is 31.5 Å². The second-order valence-electron chi connectivity index (χ2n) is 9.67. The number of anilines is 2. The topological polar surface area (TPSA) is 143 Å². The molecule has 0 aliphatic rings. The van der Waals surface area contributed by atoms with E-state index in [1.165, 1.54) is 17.1 Å². The van der Waals surface area contributed by atoms with Crippen molar-refractivity contribution in [3.8, 4) is 5.69 Å². The van der Waals surface area contributed by atoms with Crippen LogP contribution in [0.5, 0.6) is 0 Å². The average molecular weight is 603 g/mol. The summed E-state index contributed by atoms with van der Waals surface area (Å²) in [7, 11) is 3.77. The molecule has 3 N–H and O–H groups in total. The van der Waals surface area contributed by atoms with Crippen LogP contribution in [0.15, 0.2) is 85.2 Å². The van der Waals surface area contributed by atoms with Crippen molar-refractivity contribution < 1.29 is 19.1 Å². The molecule has 0 saturated heterocycles. The predicted molar refractivity (Wildman–Crippen MR) is 164 cm³/mol. The zero-order chi connectivity index (χ0) is 30.6. The first kappa shape index (κ1) is 30.9. The molecule has 1 atom stereocenters. The number of nitrogens with zero attached hydrogens (tertiary/aromatic N) is 5. The molecule has 13 heteroatoms. The predicted octanol–water partition coefficient (Wildman–Crippen LogP) is 3.81. The average Bonchev–Trinajstić information content (AvgIpc) is 3.52. The molecule has 0 saturated carbocycles. The quantitative estimate of drug-likeness (QED) is 0.208. The summed E-state index contributed by atoms with van der Waals surface area (Å²) in [5.74, 6) is -0.891. The van der Waals surface area contributed by atoms with Gasteiger partial charge in [0.2, 0.25) is 11.8 Å². The van der Waals surface area contributed by atoms with Gasteiger partial charge >= 0.3 is 6.09 Å². The first-order valence-electron chi connectivity index (χ1n) is 13.3. The van der Waals surface area contributed by atoms with Gasteiger partial charge in [0, 0.05) is 41.0 Å². The van der Waals surface area contributed by atoms with Crippen molar-refractivity contribution in [3.05, 3.63) is 101 Å². The highest BCUT2D eigenvalue weighted by atomic mass is 35.5. The number of halogens is 1. The Morgan fingerprint density at radius 2 is 1.72 bits per heavy atom. The number of hydrogen-bond acceptors (Lipinski definition) is 8. The van der Waals surface area contributed by atoms with Crippen molar-refractivity contribution in [2.24, 2.45) is 0 Å². The summed E-state index contributed by atoms with van der Waals surface area (Å²) in [5.41, 5.74) is 3.10. The Morgan fingerprint density at radius 1 is 1.00 bits per heavy atom. The van der Waals surface area contributed by atoms with Crippen LogP contribution in [-0.2, 0) is 20.7 Å². The maximum atomic E-state index is 13.3. The molecule has 0 aliphatic carbocycles. The van der Waals surface area contributed by atoms with Crippen LogP contribution >= 0.6 is 11.6 Å². The van der Waals surface area contributed by atoms with Gasteiger partial charge in [-0.15, -0.1) is 5.10 Å². The van der Waals surface area contributed by atoms with Gasteiger partial charge in [0.25, 0.3) is 0 Å². The summed E-state index contributed by atoms with van der Waals surface area (Å²) in [6.45, 7) is 0.869. The van der Waals surface area contributed by atoms with Crippen molar-refractivity contribution in [1.82, 2.24) is 30.4 Å². The molecular weight excluding hydrogens is 572 g/mol. The fourth-order valence-corrected chi connectivity index (χ4v) is 4.11. The molecule has 0 fully saturated rings. The molecule has 4 rings (SSSR count). The van der Waals surface area contributed by atoms with E-state index in [1.54, 1.807) is 48.5 Å². The number of carbonyl (C=O) groups is 3. The minimum absolute atomic E-state index is 0.260. The molecule has 222 valence electrons. The van der Waals surface area contributed by atoms with E-state index < -0.39 is 23.9 Å². The molecule has 3 amide bonds. The number of rotatable bonds is 12. The molecule has 0 aliphatic heterocycles. The Morgan fingerprint density at radius 3 is 2.40 bits per heavy atom. The summed E-state index contributed by atoms with van der Waals surface area (Å²) in [6.07, 6.45) is 4.02. The van der Waals surface area contributed by atoms with Gasteiger partial charge < -0.3 is 20.3 Å². The molecule has 0 bridgehead atoms. The van der Waals surface area contributed by atoms with E-state index in [4.69, 9.17) is 16.3 Å². The van der Waals surface area contributed by atoms with Gasteiger partial charge in [0.1, 0.15) is 19.0 Å². The number of carbonyl (C=O) groups excluding carboxylic acids is 3. The number of aromatic nitrogens is 4. The van der Waals surface area contributed by atoms with Gasteiger partial charge in [-0.2, -0.15) is 4.68 Å². The highest BCUT2D eigenvalue weighted by molar-refractivity contribution is 6.30. The first-order chi connectivity index (χ1) is 20.8. The van der Waals surface area contributed by atoms with Gasteiger partial charge in [-0.05, 0) is 78.6 Å². The Kier molecular flexibility index (Phi) is 10.9. The summed E-state index contributed by atoms with van der Waals surface area (Å²) in [4.78, 5) is 40.2. The van der Waals surface area contributed by atoms with Crippen LogP contribution in [0.2, 0.25) is 5.02 Å². The van der Waals surface area contributed by atoms with E-state index in [-0.39, 0.29) is 13.0 Å². The van der Waals surface area contributed by atoms with E-state index in [9.17, 15) is 14.4 Å².